The van der Waals surface area contributed by atoms with Crippen LogP contribution < -0.4 is 11.1 Å². The minimum atomic E-state index is 0. The minimum Gasteiger partial charge on any atom is -0.349 e. The molecule has 19 heavy (non-hydrogen) atoms. The van der Waals surface area contributed by atoms with Gasteiger partial charge in [-0.2, -0.15) is 0 Å². The van der Waals surface area contributed by atoms with Crippen molar-refractivity contribution in [3.63, 3.8) is 0 Å². The maximum atomic E-state index is 12.1. The maximum absolute atomic E-state index is 12.1. The van der Waals surface area contributed by atoms with Crippen LogP contribution in [0, 0.1) is 12.8 Å². The second kappa shape index (κ2) is 7.51. The molecule has 4 heteroatoms. The molecule has 1 aromatic rings. The number of nitrogens with two attached hydrogens (primary N) is 1. The third kappa shape index (κ3) is 4.22. The highest BCUT2D eigenvalue weighted by molar-refractivity contribution is 5.94. The molecular formula is C15H23ClN2O. The van der Waals surface area contributed by atoms with Crippen molar-refractivity contribution in [2.24, 2.45) is 11.7 Å². The lowest BCUT2D eigenvalue weighted by Crippen LogP contribution is -2.44. The van der Waals surface area contributed by atoms with Gasteiger partial charge in [0.05, 0.1) is 0 Å². The van der Waals surface area contributed by atoms with Gasteiger partial charge in [0.15, 0.2) is 0 Å². The minimum absolute atomic E-state index is 0. The summed E-state index contributed by atoms with van der Waals surface area (Å²) in [5, 5.41) is 3.14. The first kappa shape index (κ1) is 16.0. The number of halogens is 1. The molecule has 0 spiro atoms. The van der Waals surface area contributed by atoms with Gasteiger partial charge in [0.2, 0.25) is 0 Å². The second-order valence-electron chi connectivity index (χ2n) is 5.23. The summed E-state index contributed by atoms with van der Waals surface area (Å²) >= 11 is 0. The van der Waals surface area contributed by atoms with E-state index >= 15 is 0 Å². The first-order chi connectivity index (χ1) is 8.70. The first-order valence-electron chi connectivity index (χ1n) is 6.78. The molecule has 1 aliphatic rings. The molecule has 1 saturated carbocycles. The van der Waals surface area contributed by atoms with Gasteiger partial charge in [-0.15, -0.1) is 12.4 Å². The van der Waals surface area contributed by atoms with E-state index in [0.29, 0.717) is 12.5 Å². The molecule has 2 atom stereocenters. The van der Waals surface area contributed by atoms with Crippen LogP contribution in [-0.4, -0.2) is 18.5 Å². The Kier molecular flexibility index (Phi) is 6.32. The first-order valence-corrected chi connectivity index (χ1v) is 6.78. The molecule has 0 saturated heterocycles. The van der Waals surface area contributed by atoms with Gasteiger partial charge in [0, 0.05) is 11.6 Å². The Bertz CT molecular complexity index is 405. The molecule has 2 rings (SSSR count). The van der Waals surface area contributed by atoms with E-state index in [2.05, 4.69) is 5.32 Å². The van der Waals surface area contributed by atoms with Crippen LogP contribution in [0.4, 0.5) is 0 Å². The molecule has 2 unspecified atom stereocenters. The Morgan fingerprint density at radius 3 is 2.53 bits per heavy atom. The largest absolute Gasteiger partial charge is 0.349 e. The highest BCUT2D eigenvalue weighted by Gasteiger charge is 2.25. The van der Waals surface area contributed by atoms with Crippen LogP contribution in [0.15, 0.2) is 24.3 Å². The predicted molar refractivity (Wildman–Crippen MR) is 80.7 cm³/mol. The molecule has 3 nitrogen and oxygen atoms in total. The van der Waals surface area contributed by atoms with Crippen molar-refractivity contribution in [1.29, 1.82) is 0 Å². The van der Waals surface area contributed by atoms with Gasteiger partial charge in [-0.05, 0) is 44.4 Å². The molecule has 0 bridgehead atoms. The second-order valence-corrected chi connectivity index (χ2v) is 5.23. The summed E-state index contributed by atoms with van der Waals surface area (Å²) in [5.41, 5.74) is 7.68. The van der Waals surface area contributed by atoms with Crippen molar-refractivity contribution in [3.8, 4) is 0 Å². The number of aryl methyl sites for hydroxylation is 1. The summed E-state index contributed by atoms with van der Waals surface area (Å²) in [6, 6.07) is 7.94. The zero-order chi connectivity index (χ0) is 13.0. The van der Waals surface area contributed by atoms with E-state index in [1.54, 1.807) is 0 Å². The fraction of sp³-hybridized carbons (Fsp3) is 0.533. The van der Waals surface area contributed by atoms with Gasteiger partial charge >= 0.3 is 0 Å². The fourth-order valence-corrected chi connectivity index (χ4v) is 2.64. The number of carbonyl (C=O) groups excluding carboxylic acids is 1. The zero-order valence-electron chi connectivity index (χ0n) is 11.4. The third-order valence-electron chi connectivity index (χ3n) is 3.84. The molecule has 1 aliphatic carbocycles. The quantitative estimate of drug-likeness (QED) is 0.895. The molecule has 3 N–H and O–H groups in total. The van der Waals surface area contributed by atoms with E-state index in [1.807, 2.05) is 31.2 Å². The molecule has 1 fully saturated rings. The Balaban J connectivity index is 0.00000180. The van der Waals surface area contributed by atoms with Crippen LogP contribution >= 0.6 is 12.4 Å². The van der Waals surface area contributed by atoms with E-state index in [0.717, 1.165) is 18.4 Å². The monoisotopic (exact) mass is 282 g/mol. The van der Waals surface area contributed by atoms with Crippen molar-refractivity contribution in [2.45, 2.75) is 38.6 Å². The average Bonchev–Trinajstić information content (AvgIpc) is 2.40. The number of hydrogen-bond donors (Lipinski definition) is 2. The number of hydrogen-bond acceptors (Lipinski definition) is 2. The molecule has 106 valence electrons. The lowest BCUT2D eigenvalue weighted by Gasteiger charge is -2.31. The predicted octanol–water partition coefficient (Wildman–Crippen LogP) is 2.66. The molecule has 0 aromatic heterocycles. The van der Waals surface area contributed by atoms with Gasteiger partial charge in [0.25, 0.3) is 5.91 Å². The van der Waals surface area contributed by atoms with Gasteiger partial charge in [-0.3, -0.25) is 4.79 Å². The van der Waals surface area contributed by atoms with Crippen LogP contribution in [-0.2, 0) is 0 Å². The van der Waals surface area contributed by atoms with E-state index < -0.39 is 0 Å². The molecular weight excluding hydrogens is 260 g/mol. The van der Waals surface area contributed by atoms with Crippen LogP contribution in [0.25, 0.3) is 0 Å². The van der Waals surface area contributed by atoms with E-state index in [-0.39, 0.29) is 24.4 Å². The standard InChI is InChI=1S/C15H22N2O.ClH/c1-11-6-8-12(9-7-11)15(18)17-14-5-3-2-4-13(14)10-16;/h6-9,13-14H,2-5,10,16H2,1H3,(H,17,18);1H. The van der Waals surface area contributed by atoms with Crippen molar-refractivity contribution >= 4 is 18.3 Å². The third-order valence-corrected chi connectivity index (χ3v) is 3.84. The van der Waals surface area contributed by atoms with E-state index in [4.69, 9.17) is 5.73 Å². The summed E-state index contributed by atoms with van der Waals surface area (Å²) in [4.78, 5) is 12.1. The number of benzene rings is 1. The Labute approximate surface area is 121 Å². The Morgan fingerprint density at radius 1 is 1.26 bits per heavy atom. The maximum Gasteiger partial charge on any atom is 0.251 e. The topological polar surface area (TPSA) is 55.1 Å². The number of nitrogens with one attached hydrogen (secondary N) is 1. The van der Waals surface area contributed by atoms with Crippen molar-refractivity contribution < 1.29 is 4.79 Å². The molecule has 1 amide bonds. The summed E-state index contributed by atoms with van der Waals surface area (Å²) in [7, 11) is 0. The van der Waals surface area contributed by atoms with Gasteiger partial charge in [-0.25, -0.2) is 0 Å². The average molecular weight is 283 g/mol. The van der Waals surface area contributed by atoms with Gasteiger partial charge < -0.3 is 11.1 Å². The smallest absolute Gasteiger partial charge is 0.251 e. The lowest BCUT2D eigenvalue weighted by atomic mass is 9.84. The highest BCUT2D eigenvalue weighted by atomic mass is 35.5. The molecule has 0 aliphatic heterocycles. The Morgan fingerprint density at radius 2 is 1.89 bits per heavy atom. The van der Waals surface area contributed by atoms with Gasteiger partial charge in [-0.1, -0.05) is 30.5 Å². The zero-order valence-corrected chi connectivity index (χ0v) is 12.2. The van der Waals surface area contributed by atoms with Crippen molar-refractivity contribution in [3.05, 3.63) is 35.4 Å². The molecule has 1 aromatic carbocycles. The van der Waals surface area contributed by atoms with Crippen LogP contribution in [0.2, 0.25) is 0 Å². The van der Waals surface area contributed by atoms with E-state index in [1.165, 1.54) is 18.4 Å². The summed E-state index contributed by atoms with van der Waals surface area (Å²) in [5.74, 6) is 0.466. The van der Waals surface area contributed by atoms with Gasteiger partial charge in [0.1, 0.15) is 0 Å². The van der Waals surface area contributed by atoms with E-state index in [9.17, 15) is 4.79 Å². The normalized spacial score (nSPS) is 22.4. The van der Waals surface area contributed by atoms with Crippen LogP contribution in [0.3, 0.4) is 0 Å². The number of amides is 1. The lowest BCUT2D eigenvalue weighted by molar-refractivity contribution is 0.0908. The van der Waals surface area contributed by atoms with Crippen LogP contribution in [0.5, 0.6) is 0 Å². The molecule has 0 heterocycles. The summed E-state index contributed by atoms with van der Waals surface area (Å²) in [6.45, 7) is 2.69. The molecule has 0 radical (unpaired) electrons. The highest BCUT2D eigenvalue weighted by Crippen LogP contribution is 2.23. The van der Waals surface area contributed by atoms with Crippen molar-refractivity contribution in [1.82, 2.24) is 5.32 Å². The Hall–Kier alpha value is -1.06. The SMILES string of the molecule is Cc1ccc(C(=O)NC2CCCCC2CN)cc1.Cl. The fourth-order valence-electron chi connectivity index (χ4n) is 2.64. The van der Waals surface area contributed by atoms with Crippen molar-refractivity contribution in [2.75, 3.05) is 6.54 Å². The number of rotatable bonds is 3. The van der Waals surface area contributed by atoms with Crippen LogP contribution in [0.1, 0.15) is 41.6 Å². The summed E-state index contributed by atoms with van der Waals surface area (Å²) < 4.78 is 0. The summed E-state index contributed by atoms with van der Waals surface area (Å²) in [6.07, 6.45) is 4.61. The number of carbonyl (C=O) groups is 1.